The van der Waals surface area contributed by atoms with E-state index in [2.05, 4.69) is 16.1 Å². The molecule has 0 N–H and O–H groups in total. The van der Waals surface area contributed by atoms with Crippen molar-refractivity contribution in [1.29, 1.82) is 0 Å². The molecule has 0 fully saturated rings. The van der Waals surface area contributed by atoms with E-state index >= 15 is 0 Å². The van der Waals surface area contributed by atoms with E-state index < -0.39 is 46.1 Å². The first-order valence-corrected chi connectivity index (χ1v) is 6.25. The van der Waals surface area contributed by atoms with Gasteiger partial charge in [0.1, 0.15) is 0 Å². The molecule has 0 atom stereocenters. The van der Waals surface area contributed by atoms with E-state index in [1.54, 1.807) is 0 Å². The maximum absolute atomic E-state index is 14.1. The Morgan fingerprint density at radius 3 is 1.87 bits per heavy atom. The highest BCUT2D eigenvalue weighted by atomic mass is 19.2. The SMILES string of the molecule is C=CC(=O)Oc1ccc(-c2ccc(OC)c(F)c2F)c(F)c1F. The Kier molecular flexibility index (Phi) is 4.68. The molecule has 0 aliphatic rings. The fourth-order valence-electron chi connectivity index (χ4n) is 1.87. The predicted molar refractivity (Wildman–Crippen MR) is 74.1 cm³/mol. The van der Waals surface area contributed by atoms with E-state index in [0.717, 1.165) is 37.5 Å². The van der Waals surface area contributed by atoms with Crippen molar-refractivity contribution < 1.29 is 31.8 Å². The van der Waals surface area contributed by atoms with Crippen LogP contribution in [-0.4, -0.2) is 13.1 Å². The third kappa shape index (κ3) is 3.03. The van der Waals surface area contributed by atoms with Gasteiger partial charge in [-0.05, 0) is 24.3 Å². The van der Waals surface area contributed by atoms with Gasteiger partial charge in [0.25, 0.3) is 0 Å². The highest BCUT2D eigenvalue weighted by Gasteiger charge is 2.22. The van der Waals surface area contributed by atoms with Crippen LogP contribution in [0.3, 0.4) is 0 Å². The molecule has 120 valence electrons. The summed E-state index contributed by atoms with van der Waals surface area (Å²) in [5.41, 5.74) is -1.03. The van der Waals surface area contributed by atoms with E-state index in [9.17, 15) is 22.4 Å². The first-order valence-electron chi connectivity index (χ1n) is 6.25. The second-order valence-corrected chi connectivity index (χ2v) is 4.31. The quantitative estimate of drug-likeness (QED) is 0.369. The molecule has 0 amide bonds. The maximum atomic E-state index is 14.1. The summed E-state index contributed by atoms with van der Waals surface area (Å²) in [6.07, 6.45) is 0.768. The molecule has 0 bridgehead atoms. The van der Waals surface area contributed by atoms with Gasteiger partial charge in [-0.1, -0.05) is 6.58 Å². The lowest BCUT2D eigenvalue weighted by atomic mass is 10.0. The molecule has 3 nitrogen and oxygen atoms in total. The van der Waals surface area contributed by atoms with E-state index in [0.29, 0.717) is 0 Å². The molecule has 2 rings (SSSR count). The molecular formula is C16H10F4O3. The lowest BCUT2D eigenvalue weighted by molar-refractivity contribution is -0.129. The van der Waals surface area contributed by atoms with Gasteiger partial charge >= 0.3 is 5.97 Å². The average Bonchev–Trinajstić information content (AvgIpc) is 2.55. The van der Waals surface area contributed by atoms with Gasteiger partial charge in [-0.2, -0.15) is 8.78 Å². The first kappa shape index (κ1) is 16.5. The summed E-state index contributed by atoms with van der Waals surface area (Å²) >= 11 is 0. The van der Waals surface area contributed by atoms with Gasteiger partial charge in [-0.15, -0.1) is 0 Å². The van der Waals surface area contributed by atoms with E-state index in [1.807, 2.05) is 0 Å². The molecule has 7 heteroatoms. The smallest absolute Gasteiger partial charge is 0.335 e. The Hall–Kier alpha value is -2.83. The van der Waals surface area contributed by atoms with Crippen molar-refractivity contribution in [3.8, 4) is 22.6 Å². The predicted octanol–water partition coefficient (Wildman–Crippen LogP) is 4.01. The molecule has 2 aromatic rings. The van der Waals surface area contributed by atoms with Gasteiger partial charge < -0.3 is 9.47 Å². The van der Waals surface area contributed by atoms with Gasteiger partial charge in [0.15, 0.2) is 23.1 Å². The van der Waals surface area contributed by atoms with Gasteiger partial charge in [0, 0.05) is 17.2 Å². The number of benzene rings is 2. The Bertz CT molecular complexity index is 787. The van der Waals surface area contributed by atoms with Crippen LogP contribution >= 0.6 is 0 Å². The van der Waals surface area contributed by atoms with Crippen LogP contribution < -0.4 is 9.47 Å². The number of ether oxygens (including phenoxy) is 2. The van der Waals surface area contributed by atoms with Crippen LogP contribution in [0.25, 0.3) is 11.1 Å². The molecule has 2 aromatic carbocycles. The molecule has 0 aliphatic heterocycles. The topological polar surface area (TPSA) is 35.5 Å². The molecule has 0 saturated heterocycles. The molecule has 0 heterocycles. The van der Waals surface area contributed by atoms with Crippen molar-refractivity contribution in [2.24, 2.45) is 0 Å². The lowest BCUT2D eigenvalue weighted by Crippen LogP contribution is -2.06. The average molecular weight is 326 g/mol. The minimum atomic E-state index is -1.51. The van der Waals surface area contributed by atoms with Crippen molar-refractivity contribution in [2.45, 2.75) is 0 Å². The first-order chi connectivity index (χ1) is 10.9. The number of halogens is 4. The van der Waals surface area contributed by atoms with Crippen LogP contribution in [0.15, 0.2) is 36.9 Å². The van der Waals surface area contributed by atoms with Crippen LogP contribution in [0, 0.1) is 23.3 Å². The van der Waals surface area contributed by atoms with Crippen molar-refractivity contribution >= 4 is 5.97 Å². The Balaban J connectivity index is 2.54. The number of carbonyl (C=O) groups is 1. The number of esters is 1. The molecular weight excluding hydrogens is 316 g/mol. The zero-order valence-electron chi connectivity index (χ0n) is 11.8. The second kappa shape index (κ2) is 6.51. The van der Waals surface area contributed by atoms with E-state index in [-0.39, 0.29) is 5.75 Å². The molecule has 0 unspecified atom stereocenters. The van der Waals surface area contributed by atoms with Gasteiger partial charge in [-0.25, -0.2) is 13.6 Å². The monoisotopic (exact) mass is 326 g/mol. The molecule has 0 aromatic heterocycles. The van der Waals surface area contributed by atoms with Gasteiger partial charge in [0.05, 0.1) is 7.11 Å². The fourth-order valence-corrected chi connectivity index (χ4v) is 1.87. The van der Waals surface area contributed by atoms with Crippen molar-refractivity contribution in [3.63, 3.8) is 0 Å². The summed E-state index contributed by atoms with van der Waals surface area (Å²) in [4.78, 5) is 11.0. The van der Waals surface area contributed by atoms with E-state index in [4.69, 9.17) is 0 Å². The molecule has 0 aliphatic carbocycles. The van der Waals surface area contributed by atoms with Gasteiger partial charge in [0.2, 0.25) is 11.6 Å². The standard InChI is InChI=1S/C16H10F4O3/c1-3-12(21)23-11-7-5-9(14(18)16(11)20)8-4-6-10(22-2)15(19)13(8)17/h3-7H,1H2,2H3. The minimum absolute atomic E-state index is 0.372. The number of hydrogen-bond acceptors (Lipinski definition) is 3. The summed E-state index contributed by atoms with van der Waals surface area (Å²) in [6.45, 7) is 3.12. The largest absolute Gasteiger partial charge is 0.494 e. The Morgan fingerprint density at radius 2 is 1.39 bits per heavy atom. The van der Waals surface area contributed by atoms with Crippen LogP contribution in [0.1, 0.15) is 0 Å². The van der Waals surface area contributed by atoms with Gasteiger partial charge in [-0.3, -0.25) is 0 Å². The summed E-state index contributed by atoms with van der Waals surface area (Å²) in [5, 5.41) is 0. The van der Waals surface area contributed by atoms with Crippen molar-refractivity contribution in [2.75, 3.05) is 7.11 Å². The summed E-state index contributed by atoms with van der Waals surface area (Å²) in [7, 11) is 1.14. The second-order valence-electron chi connectivity index (χ2n) is 4.31. The summed E-state index contributed by atoms with van der Waals surface area (Å²) in [5.74, 6) is -7.76. The number of methoxy groups -OCH3 is 1. The molecule has 0 saturated carbocycles. The molecule has 0 radical (unpaired) electrons. The van der Waals surface area contributed by atoms with Crippen molar-refractivity contribution in [3.05, 3.63) is 60.2 Å². The summed E-state index contributed by atoms with van der Waals surface area (Å²) in [6, 6.07) is 4.02. The number of carbonyl (C=O) groups excluding carboxylic acids is 1. The third-order valence-electron chi connectivity index (χ3n) is 2.98. The van der Waals surface area contributed by atoms with Crippen LogP contribution in [0.2, 0.25) is 0 Å². The fraction of sp³-hybridized carbons (Fsp3) is 0.0625. The molecule has 23 heavy (non-hydrogen) atoms. The highest BCUT2D eigenvalue weighted by molar-refractivity contribution is 5.83. The normalized spacial score (nSPS) is 10.3. The zero-order valence-corrected chi connectivity index (χ0v) is 11.8. The third-order valence-corrected chi connectivity index (χ3v) is 2.98. The van der Waals surface area contributed by atoms with E-state index in [1.165, 1.54) is 0 Å². The Labute approximate surface area is 128 Å². The van der Waals surface area contributed by atoms with Crippen LogP contribution in [-0.2, 0) is 4.79 Å². The Morgan fingerprint density at radius 1 is 0.913 bits per heavy atom. The lowest BCUT2D eigenvalue weighted by Gasteiger charge is -2.11. The summed E-state index contributed by atoms with van der Waals surface area (Å²) < 4.78 is 64.7. The van der Waals surface area contributed by atoms with Crippen LogP contribution in [0.4, 0.5) is 17.6 Å². The van der Waals surface area contributed by atoms with Crippen LogP contribution in [0.5, 0.6) is 11.5 Å². The van der Waals surface area contributed by atoms with Crippen molar-refractivity contribution in [1.82, 2.24) is 0 Å². The maximum Gasteiger partial charge on any atom is 0.335 e. The zero-order chi connectivity index (χ0) is 17.1. The minimum Gasteiger partial charge on any atom is -0.494 e. The number of rotatable bonds is 4. The molecule has 0 spiro atoms. The number of hydrogen-bond donors (Lipinski definition) is 0. The highest BCUT2D eigenvalue weighted by Crippen LogP contribution is 2.34.